The van der Waals surface area contributed by atoms with E-state index in [0.29, 0.717) is 0 Å². The zero-order valence-corrected chi connectivity index (χ0v) is 41.2. The standard InChI is InChI=1S/C63H70/c1-39-17-35-49-51(37-39)55(42-22-30-46(31-23-42)61(8,9)10)57-54(41-20-28-45(29-21-41)60(5,6)7)50-36-34-48(63(14,15)16)38-52(50)56(43-24-32-47(33-25-43)62(11,12)13)58(57)53(49)40-18-26-44(27-19-40)59(2,3)4/h17-38H,1-16H3. The Morgan fingerprint density at radius 3 is 0.762 bits per heavy atom. The molecule has 0 aliphatic rings. The summed E-state index contributed by atoms with van der Waals surface area (Å²) in [6.45, 7) is 37.0. The van der Waals surface area contributed by atoms with Crippen LogP contribution in [0.5, 0.6) is 0 Å². The third-order valence-corrected chi connectivity index (χ3v) is 13.5. The maximum absolute atomic E-state index is 2.53. The van der Waals surface area contributed by atoms with Crippen LogP contribution in [-0.4, -0.2) is 0 Å². The molecule has 0 saturated heterocycles. The van der Waals surface area contributed by atoms with Crippen LogP contribution >= 0.6 is 0 Å². The second-order valence-electron chi connectivity index (χ2n) is 23.6. The molecule has 0 amide bonds. The summed E-state index contributed by atoms with van der Waals surface area (Å²) in [5.41, 5.74) is 18.2. The highest BCUT2D eigenvalue weighted by Gasteiger charge is 2.29. The van der Waals surface area contributed by atoms with E-state index < -0.39 is 0 Å². The summed E-state index contributed by atoms with van der Waals surface area (Å²) < 4.78 is 0. The van der Waals surface area contributed by atoms with Gasteiger partial charge in [0.15, 0.2) is 0 Å². The molecule has 0 heteroatoms. The van der Waals surface area contributed by atoms with Crippen molar-refractivity contribution in [3.8, 4) is 44.5 Å². The van der Waals surface area contributed by atoms with E-state index in [-0.39, 0.29) is 27.1 Å². The van der Waals surface area contributed by atoms with Crippen molar-refractivity contribution in [3.05, 3.63) is 167 Å². The topological polar surface area (TPSA) is 0 Å². The Kier molecular flexibility index (Phi) is 10.8. The van der Waals surface area contributed by atoms with Gasteiger partial charge in [-0.15, -0.1) is 0 Å². The van der Waals surface area contributed by atoms with Gasteiger partial charge in [-0.25, -0.2) is 0 Å². The summed E-state index contributed by atoms with van der Waals surface area (Å²) in [5, 5.41) is 7.75. The van der Waals surface area contributed by atoms with Gasteiger partial charge in [-0.1, -0.05) is 237 Å². The highest BCUT2D eigenvalue weighted by molar-refractivity contribution is 6.34. The summed E-state index contributed by atoms with van der Waals surface area (Å²) in [7, 11) is 0. The first-order valence-electron chi connectivity index (χ1n) is 23.3. The first-order valence-corrected chi connectivity index (χ1v) is 23.3. The molecule has 8 aromatic carbocycles. The summed E-state index contributed by atoms with van der Waals surface area (Å²) in [5.74, 6) is 0. The molecule has 0 aromatic heterocycles. The fourth-order valence-electron chi connectivity index (χ4n) is 9.55. The van der Waals surface area contributed by atoms with E-state index in [4.69, 9.17) is 0 Å². The van der Waals surface area contributed by atoms with Crippen LogP contribution in [0.15, 0.2) is 133 Å². The first-order chi connectivity index (χ1) is 29.3. The van der Waals surface area contributed by atoms with Gasteiger partial charge in [0.1, 0.15) is 0 Å². The lowest BCUT2D eigenvalue weighted by Gasteiger charge is -2.28. The fraction of sp³-hybridized carbons (Fsp3) is 0.333. The van der Waals surface area contributed by atoms with Crippen molar-refractivity contribution in [2.24, 2.45) is 0 Å². The van der Waals surface area contributed by atoms with E-state index >= 15 is 0 Å². The molecular formula is C63H70. The third-order valence-electron chi connectivity index (χ3n) is 13.5. The summed E-state index contributed by atoms with van der Waals surface area (Å²) in [4.78, 5) is 0. The Morgan fingerprint density at radius 2 is 0.476 bits per heavy atom. The number of aryl methyl sites for hydroxylation is 1. The van der Waals surface area contributed by atoms with Crippen molar-refractivity contribution >= 4 is 32.3 Å². The van der Waals surface area contributed by atoms with Gasteiger partial charge in [-0.3, -0.25) is 0 Å². The molecule has 8 aromatic rings. The van der Waals surface area contributed by atoms with Crippen molar-refractivity contribution in [1.29, 1.82) is 0 Å². The predicted molar refractivity (Wildman–Crippen MR) is 279 cm³/mol. The van der Waals surface area contributed by atoms with Crippen molar-refractivity contribution in [2.45, 2.75) is 138 Å². The molecule has 0 unspecified atom stereocenters. The molecule has 0 radical (unpaired) electrons. The minimum Gasteiger partial charge on any atom is -0.0587 e. The van der Waals surface area contributed by atoms with E-state index in [9.17, 15) is 0 Å². The van der Waals surface area contributed by atoms with E-state index in [2.05, 4.69) is 244 Å². The Morgan fingerprint density at radius 1 is 0.238 bits per heavy atom. The lowest BCUT2D eigenvalue weighted by molar-refractivity contribution is 0.590. The molecule has 8 rings (SSSR count). The Hall–Kier alpha value is -5.46. The average Bonchev–Trinajstić information content (AvgIpc) is 3.20. The van der Waals surface area contributed by atoms with Crippen molar-refractivity contribution in [3.63, 3.8) is 0 Å². The molecular weight excluding hydrogens is 757 g/mol. The van der Waals surface area contributed by atoms with Crippen LogP contribution in [0.1, 0.15) is 137 Å². The molecule has 63 heavy (non-hydrogen) atoms. The number of hydrogen-bond donors (Lipinski definition) is 0. The van der Waals surface area contributed by atoms with Crippen molar-refractivity contribution in [2.75, 3.05) is 0 Å². The minimum absolute atomic E-state index is 0.0333. The molecule has 0 atom stereocenters. The summed E-state index contributed by atoms with van der Waals surface area (Å²) in [6.07, 6.45) is 0. The van der Waals surface area contributed by atoms with Gasteiger partial charge in [0.2, 0.25) is 0 Å². The Labute approximate surface area is 379 Å². The Bertz CT molecular complexity index is 2990. The maximum atomic E-state index is 2.53. The molecule has 0 fully saturated rings. The lowest BCUT2D eigenvalue weighted by atomic mass is 9.75. The van der Waals surface area contributed by atoms with Crippen LogP contribution in [0.4, 0.5) is 0 Å². The molecule has 0 spiro atoms. The van der Waals surface area contributed by atoms with Crippen LogP contribution < -0.4 is 0 Å². The van der Waals surface area contributed by atoms with Gasteiger partial charge < -0.3 is 0 Å². The van der Waals surface area contributed by atoms with Gasteiger partial charge in [0.25, 0.3) is 0 Å². The zero-order valence-electron chi connectivity index (χ0n) is 41.2. The number of rotatable bonds is 4. The second kappa shape index (κ2) is 15.4. The molecule has 0 heterocycles. The van der Waals surface area contributed by atoms with Gasteiger partial charge in [0, 0.05) is 0 Å². The molecule has 322 valence electrons. The van der Waals surface area contributed by atoms with Crippen LogP contribution in [0.3, 0.4) is 0 Å². The molecule has 0 nitrogen and oxygen atoms in total. The molecule has 0 N–H and O–H groups in total. The SMILES string of the molecule is Cc1ccc2c(-c3ccc(C(C)(C)C)cc3)c3c(-c4ccc(C(C)(C)C)cc4)c4cc(C(C)(C)C)ccc4c(-c4ccc(C(C)(C)C)cc4)c3c(-c3ccc(C(C)(C)C)cc3)c2c1. The molecule has 0 aliphatic heterocycles. The predicted octanol–water partition coefficient (Wildman–Crippen LogP) is 18.6. The molecule has 0 bridgehead atoms. The zero-order chi connectivity index (χ0) is 45.6. The summed E-state index contributed by atoms with van der Waals surface area (Å²) >= 11 is 0. The van der Waals surface area contributed by atoms with Crippen LogP contribution in [0, 0.1) is 6.92 Å². The minimum atomic E-state index is -0.0441. The van der Waals surface area contributed by atoms with Crippen molar-refractivity contribution < 1.29 is 0 Å². The van der Waals surface area contributed by atoms with Gasteiger partial charge in [-0.2, -0.15) is 0 Å². The van der Waals surface area contributed by atoms with Crippen molar-refractivity contribution in [1.82, 2.24) is 0 Å². The average molecular weight is 827 g/mol. The Balaban J connectivity index is 1.71. The quantitative estimate of drug-likeness (QED) is 0.155. The van der Waals surface area contributed by atoms with Crippen LogP contribution in [0.2, 0.25) is 0 Å². The third kappa shape index (κ3) is 8.28. The van der Waals surface area contributed by atoms with Gasteiger partial charge >= 0.3 is 0 Å². The molecule has 0 aliphatic carbocycles. The summed E-state index contributed by atoms with van der Waals surface area (Å²) in [6, 6.07) is 52.6. The normalized spacial score (nSPS) is 13.1. The van der Waals surface area contributed by atoms with E-state index in [1.807, 2.05) is 0 Å². The first kappa shape index (κ1) is 44.2. The van der Waals surface area contributed by atoms with Gasteiger partial charge in [0.05, 0.1) is 0 Å². The van der Waals surface area contributed by atoms with Crippen LogP contribution in [0.25, 0.3) is 76.8 Å². The smallest absolute Gasteiger partial charge is 0.000139 e. The highest BCUT2D eigenvalue weighted by Crippen LogP contribution is 2.54. The van der Waals surface area contributed by atoms with E-state index in [1.165, 1.54) is 110 Å². The fourth-order valence-corrected chi connectivity index (χ4v) is 9.55. The monoisotopic (exact) mass is 827 g/mol. The largest absolute Gasteiger partial charge is 0.0587 e. The van der Waals surface area contributed by atoms with Gasteiger partial charge in [-0.05, 0) is 145 Å². The lowest BCUT2D eigenvalue weighted by Crippen LogP contribution is -2.11. The number of hydrogen-bond acceptors (Lipinski definition) is 0. The number of benzene rings is 8. The second-order valence-corrected chi connectivity index (χ2v) is 23.6. The van der Waals surface area contributed by atoms with E-state index in [1.54, 1.807) is 0 Å². The van der Waals surface area contributed by atoms with E-state index in [0.717, 1.165) is 0 Å². The molecule has 0 saturated carbocycles. The maximum Gasteiger partial charge on any atom is -0.000139 e. The number of fused-ring (bicyclic) bond motifs is 3. The highest BCUT2D eigenvalue weighted by atomic mass is 14.3. The van der Waals surface area contributed by atoms with Crippen LogP contribution in [-0.2, 0) is 27.1 Å².